The third-order valence-corrected chi connectivity index (χ3v) is 5.73. The minimum Gasteiger partial charge on any atom is -0.326 e. The summed E-state index contributed by atoms with van der Waals surface area (Å²) in [6.07, 6.45) is 1.07. The molecule has 0 radical (unpaired) electrons. The van der Waals surface area contributed by atoms with Gasteiger partial charge in [-0.25, -0.2) is 0 Å². The van der Waals surface area contributed by atoms with Crippen molar-refractivity contribution in [1.82, 2.24) is 4.90 Å². The molecule has 0 aromatic heterocycles. The molecule has 0 aliphatic carbocycles. The first-order chi connectivity index (χ1) is 12.9. The van der Waals surface area contributed by atoms with Crippen molar-refractivity contribution in [2.75, 3.05) is 31.3 Å². The lowest BCUT2D eigenvalue weighted by molar-refractivity contribution is -0.120. The molecule has 1 aliphatic rings. The number of carbonyl (C=O) groups excluding carboxylic acids is 2. The van der Waals surface area contributed by atoms with Crippen LogP contribution in [0.3, 0.4) is 0 Å². The molecule has 2 N–H and O–H groups in total. The zero-order chi connectivity index (χ0) is 19.4. The van der Waals surface area contributed by atoms with Gasteiger partial charge in [-0.1, -0.05) is 23.7 Å². The molecule has 5 nitrogen and oxygen atoms in total. The highest BCUT2D eigenvalue weighted by Crippen LogP contribution is 2.38. The van der Waals surface area contributed by atoms with E-state index in [1.54, 1.807) is 12.1 Å². The van der Waals surface area contributed by atoms with Crippen LogP contribution in [-0.2, 0) is 16.0 Å². The fourth-order valence-electron chi connectivity index (χ4n) is 2.74. The monoisotopic (exact) mass is 403 g/mol. The number of halogens is 1. The summed E-state index contributed by atoms with van der Waals surface area (Å²) in [4.78, 5) is 27.7. The van der Waals surface area contributed by atoms with E-state index in [9.17, 15) is 9.59 Å². The van der Waals surface area contributed by atoms with Crippen LogP contribution in [-0.4, -0.2) is 42.6 Å². The first kappa shape index (κ1) is 19.7. The van der Waals surface area contributed by atoms with E-state index in [2.05, 4.69) is 15.5 Å². The molecule has 2 amide bonds. The maximum absolute atomic E-state index is 12.4. The summed E-state index contributed by atoms with van der Waals surface area (Å²) >= 11 is 7.34. The van der Waals surface area contributed by atoms with E-state index >= 15 is 0 Å². The Bertz CT molecular complexity index is 840. The van der Waals surface area contributed by atoms with E-state index in [0.29, 0.717) is 10.7 Å². The highest BCUT2D eigenvalue weighted by atomic mass is 35.5. The molecule has 0 bridgehead atoms. The largest absolute Gasteiger partial charge is 0.326 e. The Morgan fingerprint density at radius 3 is 2.67 bits per heavy atom. The molecule has 1 aliphatic heterocycles. The van der Waals surface area contributed by atoms with Gasteiger partial charge in [0.2, 0.25) is 11.8 Å². The number of amides is 2. The van der Waals surface area contributed by atoms with Crippen molar-refractivity contribution < 1.29 is 9.59 Å². The molecule has 1 unspecified atom stereocenters. The predicted molar refractivity (Wildman–Crippen MR) is 112 cm³/mol. The second-order valence-electron chi connectivity index (χ2n) is 6.74. The van der Waals surface area contributed by atoms with Crippen LogP contribution in [0.5, 0.6) is 0 Å². The molecule has 2 aromatic carbocycles. The number of rotatable bonds is 6. The highest BCUT2D eigenvalue weighted by Gasteiger charge is 2.29. The van der Waals surface area contributed by atoms with Gasteiger partial charge in [0.25, 0.3) is 0 Å². The van der Waals surface area contributed by atoms with Crippen molar-refractivity contribution in [1.29, 1.82) is 0 Å². The summed E-state index contributed by atoms with van der Waals surface area (Å²) in [5.41, 5.74) is 2.66. The van der Waals surface area contributed by atoms with Crippen molar-refractivity contribution in [2.24, 2.45) is 0 Å². The van der Waals surface area contributed by atoms with E-state index in [0.717, 1.165) is 23.5 Å². The number of benzene rings is 2. The van der Waals surface area contributed by atoms with E-state index in [-0.39, 0.29) is 18.2 Å². The molecule has 0 fully saturated rings. The molecule has 0 saturated heterocycles. The second kappa shape index (κ2) is 8.78. The number of carbonyl (C=O) groups is 2. The molecule has 0 saturated carbocycles. The third-order valence-electron chi connectivity index (χ3n) is 4.22. The Labute approximate surface area is 168 Å². The Kier molecular flexibility index (Phi) is 6.42. The fourth-order valence-corrected chi connectivity index (χ4v) is 4.01. The topological polar surface area (TPSA) is 61.4 Å². The standard InChI is InChI=1S/C20H22ClN3O2S/c1-24(2)10-9-13-3-6-15(7-4-13)22-19(25)12-18-20(26)23-16-11-14(21)5-8-17(16)27-18/h3-8,11,18H,9-10,12H2,1-2H3,(H,22,25)(H,23,26). The normalized spacial score (nSPS) is 16.0. The number of thioether (sulfide) groups is 1. The van der Waals surface area contributed by atoms with Crippen molar-refractivity contribution in [3.8, 4) is 0 Å². The Balaban J connectivity index is 1.56. The van der Waals surface area contributed by atoms with Crippen molar-refractivity contribution >= 4 is 46.6 Å². The van der Waals surface area contributed by atoms with Crippen molar-refractivity contribution in [3.05, 3.63) is 53.1 Å². The summed E-state index contributed by atoms with van der Waals surface area (Å²) in [5, 5.41) is 5.80. The van der Waals surface area contributed by atoms with E-state index in [1.165, 1.54) is 17.3 Å². The lowest BCUT2D eigenvalue weighted by atomic mass is 10.1. The van der Waals surface area contributed by atoms with Crippen LogP contribution >= 0.6 is 23.4 Å². The van der Waals surface area contributed by atoms with E-state index < -0.39 is 5.25 Å². The molecule has 1 heterocycles. The van der Waals surface area contributed by atoms with Crippen LogP contribution in [0.15, 0.2) is 47.4 Å². The van der Waals surface area contributed by atoms with Crippen LogP contribution in [0.1, 0.15) is 12.0 Å². The van der Waals surface area contributed by atoms with Gasteiger partial charge in [0.1, 0.15) is 0 Å². The average Bonchev–Trinajstić information content (AvgIpc) is 2.62. The number of hydrogen-bond donors (Lipinski definition) is 2. The molecule has 1 atom stereocenters. The van der Waals surface area contributed by atoms with Crippen LogP contribution < -0.4 is 10.6 Å². The lowest BCUT2D eigenvalue weighted by Crippen LogP contribution is -2.32. The summed E-state index contributed by atoms with van der Waals surface area (Å²) in [5.74, 6) is -0.356. The second-order valence-corrected chi connectivity index (χ2v) is 8.42. The zero-order valence-electron chi connectivity index (χ0n) is 15.3. The van der Waals surface area contributed by atoms with Gasteiger partial charge in [-0.3, -0.25) is 9.59 Å². The Morgan fingerprint density at radius 1 is 1.22 bits per heavy atom. The van der Waals surface area contributed by atoms with Crippen LogP contribution in [0.2, 0.25) is 5.02 Å². The maximum atomic E-state index is 12.4. The fraction of sp³-hybridized carbons (Fsp3) is 0.300. The smallest absolute Gasteiger partial charge is 0.238 e. The van der Waals surface area contributed by atoms with E-state index in [4.69, 9.17) is 11.6 Å². The number of nitrogens with one attached hydrogen (secondary N) is 2. The summed E-state index contributed by atoms with van der Waals surface area (Å²) in [7, 11) is 4.09. The van der Waals surface area contributed by atoms with Gasteiger partial charge in [-0.2, -0.15) is 0 Å². The summed E-state index contributed by atoms with van der Waals surface area (Å²) in [6, 6.07) is 13.2. The van der Waals surface area contributed by atoms with Crippen LogP contribution in [0, 0.1) is 0 Å². The van der Waals surface area contributed by atoms with Gasteiger partial charge >= 0.3 is 0 Å². The van der Waals surface area contributed by atoms with Gasteiger partial charge in [0.15, 0.2) is 0 Å². The predicted octanol–water partition coefficient (Wildman–Crippen LogP) is 3.89. The SMILES string of the molecule is CN(C)CCc1ccc(NC(=O)CC2Sc3ccc(Cl)cc3NC2=O)cc1. The molecule has 0 spiro atoms. The number of likely N-dealkylation sites (N-methyl/N-ethyl adjacent to an activating group) is 1. The average molecular weight is 404 g/mol. The third kappa shape index (κ3) is 5.48. The number of anilines is 2. The number of nitrogens with zero attached hydrogens (tertiary/aromatic N) is 1. The van der Waals surface area contributed by atoms with Crippen molar-refractivity contribution in [3.63, 3.8) is 0 Å². The first-order valence-electron chi connectivity index (χ1n) is 8.71. The Morgan fingerprint density at radius 2 is 1.96 bits per heavy atom. The molecule has 3 rings (SSSR count). The summed E-state index contributed by atoms with van der Waals surface area (Å²) in [6.45, 7) is 0.979. The van der Waals surface area contributed by atoms with Crippen LogP contribution in [0.25, 0.3) is 0 Å². The minimum absolute atomic E-state index is 0.112. The van der Waals surface area contributed by atoms with Gasteiger partial charge in [0.05, 0.1) is 10.9 Å². The van der Waals surface area contributed by atoms with Gasteiger partial charge in [0, 0.05) is 28.6 Å². The minimum atomic E-state index is -0.460. The first-order valence-corrected chi connectivity index (χ1v) is 9.97. The number of fused-ring (bicyclic) bond motifs is 1. The molecular formula is C20H22ClN3O2S. The lowest BCUT2D eigenvalue weighted by Gasteiger charge is -2.23. The summed E-state index contributed by atoms with van der Waals surface area (Å²) < 4.78 is 0. The van der Waals surface area contributed by atoms with Gasteiger partial charge < -0.3 is 15.5 Å². The van der Waals surface area contributed by atoms with E-state index in [1.807, 2.05) is 44.4 Å². The van der Waals surface area contributed by atoms with Gasteiger partial charge in [-0.05, 0) is 56.4 Å². The van der Waals surface area contributed by atoms with Gasteiger partial charge in [-0.15, -0.1) is 11.8 Å². The Hall–Kier alpha value is -2.02. The molecule has 2 aromatic rings. The van der Waals surface area contributed by atoms with Crippen molar-refractivity contribution in [2.45, 2.75) is 23.0 Å². The molecular weight excluding hydrogens is 382 g/mol. The highest BCUT2D eigenvalue weighted by molar-refractivity contribution is 8.01. The molecule has 142 valence electrons. The molecule has 7 heteroatoms. The molecule has 27 heavy (non-hydrogen) atoms. The maximum Gasteiger partial charge on any atom is 0.238 e. The number of hydrogen-bond acceptors (Lipinski definition) is 4. The zero-order valence-corrected chi connectivity index (χ0v) is 16.9. The quantitative estimate of drug-likeness (QED) is 0.768. The van der Waals surface area contributed by atoms with Crippen LogP contribution in [0.4, 0.5) is 11.4 Å².